The van der Waals surface area contributed by atoms with E-state index < -0.39 is 12.1 Å². The third-order valence-corrected chi connectivity index (χ3v) is 2.85. The van der Waals surface area contributed by atoms with E-state index in [1.54, 1.807) is 13.0 Å². The molecule has 0 aliphatic carbocycles. The Kier molecular flexibility index (Phi) is 6.56. The van der Waals surface area contributed by atoms with Crippen LogP contribution in [0, 0.1) is 0 Å². The van der Waals surface area contributed by atoms with E-state index in [2.05, 4.69) is 18.7 Å². The maximum atomic E-state index is 11.5. The summed E-state index contributed by atoms with van der Waals surface area (Å²) in [6, 6.07) is 7.31. The van der Waals surface area contributed by atoms with Crippen molar-refractivity contribution in [1.82, 2.24) is 0 Å². The predicted molar refractivity (Wildman–Crippen MR) is 77.1 cm³/mol. The van der Waals surface area contributed by atoms with Crippen molar-refractivity contribution in [2.24, 2.45) is 0 Å². The van der Waals surface area contributed by atoms with Gasteiger partial charge in [0.1, 0.15) is 5.75 Å². The molecule has 0 heterocycles. The molecule has 20 heavy (non-hydrogen) atoms. The molecule has 0 fully saturated rings. The van der Waals surface area contributed by atoms with Gasteiger partial charge in [0.15, 0.2) is 6.29 Å². The molecule has 110 valence electrons. The van der Waals surface area contributed by atoms with Crippen molar-refractivity contribution in [3.63, 3.8) is 0 Å². The van der Waals surface area contributed by atoms with Crippen molar-refractivity contribution >= 4 is 17.9 Å². The second-order valence-electron chi connectivity index (χ2n) is 4.10. The molecule has 1 aromatic rings. The highest BCUT2D eigenvalue weighted by molar-refractivity contribution is 5.91. The number of carbonyl (C=O) groups excluding carboxylic acids is 2. The minimum Gasteiger partial charge on any atom is -0.471 e. The zero-order valence-corrected chi connectivity index (χ0v) is 12.2. The number of benzene rings is 1. The van der Waals surface area contributed by atoms with Gasteiger partial charge in [-0.3, -0.25) is 4.79 Å². The summed E-state index contributed by atoms with van der Waals surface area (Å²) in [4.78, 5) is 24.6. The fourth-order valence-corrected chi connectivity index (χ4v) is 1.84. The van der Waals surface area contributed by atoms with Gasteiger partial charge in [-0.2, -0.15) is 0 Å². The lowest BCUT2D eigenvalue weighted by Gasteiger charge is -2.22. The molecular weight excluding hydrogens is 258 g/mol. The Hall–Kier alpha value is -2.04. The lowest BCUT2D eigenvalue weighted by molar-refractivity contribution is -0.152. The first-order valence-electron chi connectivity index (χ1n) is 6.79. The topological polar surface area (TPSA) is 55.8 Å². The highest BCUT2D eigenvalue weighted by Crippen LogP contribution is 2.21. The molecule has 0 N–H and O–H groups in total. The molecule has 5 heteroatoms. The van der Waals surface area contributed by atoms with Crippen molar-refractivity contribution in [1.29, 1.82) is 0 Å². The van der Waals surface area contributed by atoms with Gasteiger partial charge in [-0.25, -0.2) is 4.79 Å². The summed E-state index contributed by atoms with van der Waals surface area (Å²) in [5, 5.41) is 0. The second kappa shape index (κ2) is 8.19. The number of nitrogens with zero attached hydrogens (tertiary/aromatic N) is 1. The number of hydrogen-bond acceptors (Lipinski definition) is 5. The lowest BCUT2D eigenvalue weighted by Crippen LogP contribution is -2.31. The van der Waals surface area contributed by atoms with Crippen molar-refractivity contribution < 1.29 is 19.1 Å². The quantitative estimate of drug-likeness (QED) is 0.414. The van der Waals surface area contributed by atoms with Crippen molar-refractivity contribution in [2.75, 3.05) is 24.6 Å². The molecule has 0 amide bonds. The Morgan fingerprint density at radius 3 is 2.55 bits per heavy atom. The van der Waals surface area contributed by atoms with Gasteiger partial charge in [0.2, 0.25) is 6.10 Å². The third-order valence-electron chi connectivity index (χ3n) is 2.85. The van der Waals surface area contributed by atoms with Crippen LogP contribution in [-0.4, -0.2) is 38.1 Å². The number of hydrogen-bond donors (Lipinski definition) is 0. The molecule has 0 aliphatic heterocycles. The first-order valence-corrected chi connectivity index (χ1v) is 6.79. The molecule has 0 aromatic heterocycles. The largest absolute Gasteiger partial charge is 0.471 e. The molecule has 0 aliphatic rings. The molecule has 1 rings (SSSR count). The standard InChI is InChI=1S/C15H21NO4/c1-4-16(5-2)12-8-7-9-13(10-12)20-14(11-17)15(18)19-6-3/h7-11,14H,4-6H2,1-3H3. The van der Waals surface area contributed by atoms with Crippen LogP contribution in [-0.2, 0) is 14.3 Å². The van der Waals surface area contributed by atoms with E-state index in [9.17, 15) is 9.59 Å². The SMILES string of the molecule is CCOC(=O)C(C=O)Oc1cccc(N(CC)CC)c1. The Bertz CT molecular complexity index is 443. The molecular formula is C15H21NO4. The Morgan fingerprint density at radius 2 is 2.00 bits per heavy atom. The van der Waals surface area contributed by atoms with Gasteiger partial charge in [0, 0.05) is 24.8 Å². The van der Waals surface area contributed by atoms with Crippen LogP contribution < -0.4 is 9.64 Å². The van der Waals surface area contributed by atoms with Crippen molar-refractivity contribution in [2.45, 2.75) is 26.9 Å². The molecule has 1 unspecified atom stereocenters. The summed E-state index contributed by atoms with van der Waals surface area (Å²) in [5.41, 5.74) is 0.987. The van der Waals surface area contributed by atoms with Gasteiger partial charge in [-0.15, -0.1) is 0 Å². The van der Waals surface area contributed by atoms with E-state index in [0.29, 0.717) is 12.0 Å². The van der Waals surface area contributed by atoms with E-state index in [1.165, 1.54) is 0 Å². The Balaban J connectivity index is 2.83. The van der Waals surface area contributed by atoms with Crippen LogP contribution in [0.5, 0.6) is 5.75 Å². The van der Waals surface area contributed by atoms with Crippen LogP contribution in [0.3, 0.4) is 0 Å². The van der Waals surface area contributed by atoms with Gasteiger partial charge < -0.3 is 14.4 Å². The molecule has 5 nitrogen and oxygen atoms in total. The van der Waals surface area contributed by atoms with Crippen LogP contribution >= 0.6 is 0 Å². The Labute approximate surface area is 119 Å². The average Bonchev–Trinajstić information content (AvgIpc) is 2.46. The molecule has 0 saturated heterocycles. The summed E-state index contributed by atoms with van der Waals surface area (Å²) < 4.78 is 10.2. The number of ether oxygens (including phenoxy) is 2. The zero-order valence-electron chi connectivity index (χ0n) is 12.2. The van der Waals surface area contributed by atoms with E-state index in [4.69, 9.17) is 9.47 Å². The number of aldehydes is 1. The van der Waals surface area contributed by atoms with E-state index >= 15 is 0 Å². The van der Waals surface area contributed by atoms with Gasteiger partial charge >= 0.3 is 5.97 Å². The number of anilines is 1. The molecule has 0 bridgehead atoms. The molecule has 0 saturated carbocycles. The highest BCUT2D eigenvalue weighted by Gasteiger charge is 2.21. The van der Waals surface area contributed by atoms with Gasteiger partial charge in [0.05, 0.1) is 6.61 Å². The third kappa shape index (κ3) is 4.26. The zero-order chi connectivity index (χ0) is 15.0. The number of rotatable bonds is 8. The number of carbonyl (C=O) groups is 2. The van der Waals surface area contributed by atoms with Gasteiger partial charge in [-0.05, 0) is 32.9 Å². The van der Waals surface area contributed by atoms with E-state index in [-0.39, 0.29) is 6.61 Å². The minimum absolute atomic E-state index is 0.214. The van der Waals surface area contributed by atoms with Crippen molar-refractivity contribution in [3.05, 3.63) is 24.3 Å². The molecule has 1 atom stereocenters. The number of esters is 1. The second-order valence-corrected chi connectivity index (χ2v) is 4.10. The summed E-state index contributed by atoms with van der Waals surface area (Å²) in [5.74, 6) is -0.199. The minimum atomic E-state index is -1.22. The van der Waals surface area contributed by atoms with Crippen LogP contribution in [0.2, 0.25) is 0 Å². The van der Waals surface area contributed by atoms with Crippen LogP contribution in [0.15, 0.2) is 24.3 Å². The summed E-state index contributed by atoms with van der Waals surface area (Å²) >= 11 is 0. The summed E-state index contributed by atoms with van der Waals surface area (Å²) in [6.07, 6.45) is -0.774. The normalized spacial score (nSPS) is 11.6. The van der Waals surface area contributed by atoms with Crippen LogP contribution in [0.25, 0.3) is 0 Å². The molecule has 0 spiro atoms. The molecule has 0 radical (unpaired) electrons. The summed E-state index contributed by atoms with van der Waals surface area (Å²) in [7, 11) is 0. The lowest BCUT2D eigenvalue weighted by atomic mass is 10.2. The van der Waals surface area contributed by atoms with E-state index in [1.807, 2.05) is 18.2 Å². The van der Waals surface area contributed by atoms with Crippen LogP contribution in [0.1, 0.15) is 20.8 Å². The maximum Gasteiger partial charge on any atom is 0.354 e. The smallest absolute Gasteiger partial charge is 0.354 e. The fourth-order valence-electron chi connectivity index (χ4n) is 1.84. The van der Waals surface area contributed by atoms with E-state index in [0.717, 1.165) is 18.8 Å². The summed E-state index contributed by atoms with van der Waals surface area (Å²) in [6.45, 7) is 7.75. The van der Waals surface area contributed by atoms with Gasteiger partial charge in [0.25, 0.3) is 0 Å². The van der Waals surface area contributed by atoms with Crippen LogP contribution in [0.4, 0.5) is 5.69 Å². The predicted octanol–water partition coefficient (Wildman–Crippen LogP) is 2.04. The monoisotopic (exact) mass is 279 g/mol. The Morgan fingerprint density at radius 1 is 1.30 bits per heavy atom. The highest BCUT2D eigenvalue weighted by atomic mass is 16.6. The van der Waals surface area contributed by atoms with Crippen molar-refractivity contribution in [3.8, 4) is 5.75 Å². The van der Waals surface area contributed by atoms with Gasteiger partial charge in [-0.1, -0.05) is 6.07 Å². The fraction of sp³-hybridized carbons (Fsp3) is 0.467. The first-order chi connectivity index (χ1) is 9.65. The maximum absolute atomic E-state index is 11.5. The molecule has 1 aromatic carbocycles. The first kappa shape index (κ1) is 16.0. The average molecular weight is 279 g/mol.